The number of nitrogens with one attached hydrogen (secondary N) is 1. The largest absolute Gasteiger partial charge is 0.452 e. The predicted molar refractivity (Wildman–Crippen MR) is 104 cm³/mol. The van der Waals surface area contributed by atoms with Crippen LogP contribution in [0.4, 0.5) is 5.69 Å². The fourth-order valence-corrected chi connectivity index (χ4v) is 3.91. The van der Waals surface area contributed by atoms with E-state index in [0.717, 1.165) is 35.0 Å². The molecule has 1 aromatic carbocycles. The highest BCUT2D eigenvalue weighted by Gasteiger charge is 2.31. The molecule has 0 unspecified atom stereocenters. The molecule has 1 aromatic heterocycles. The molecule has 7 heteroatoms. The van der Waals surface area contributed by atoms with Gasteiger partial charge in [0.1, 0.15) is 0 Å². The number of anilines is 1. The van der Waals surface area contributed by atoms with Gasteiger partial charge in [-0.25, -0.2) is 0 Å². The van der Waals surface area contributed by atoms with Crippen molar-refractivity contribution in [2.75, 3.05) is 11.6 Å². The van der Waals surface area contributed by atoms with Crippen molar-refractivity contribution in [1.29, 1.82) is 0 Å². The molecule has 5 nitrogen and oxygen atoms in total. The molecule has 4 rings (SSSR count). The fourth-order valence-electron chi connectivity index (χ4n) is 3.25. The first-order valence-electron chi connectivity index (χ1n) is 8.31. The van der Waals surface area contributed by atoms with E-state index >= 15 is 0 Å². The molecular weight excluding hydrogens is 400 g/mol. The number of hydrogen-bond donors (Lipinski definition) is 1. The minimum atomic E-state index is -0.128. The Morgan fingerprint density at radius 2 is 2.20 bits per heavy atom. The molecule has 1 aliphatic heterocycles. The minimum Gasteiger partial charge on any atom is -0.452 e. The van der Waals surface area contributed by atoms with Crippen LogP contribution in [0.3, 0.4) is 0 Å². The van der Waals surface area contributed by atoms with Crippen LogP contribution in [0, 0.1) is 5.92 Å². The van der Waals surface area contributed by atoms with Crippen LogP contribution in [-0.4, -0.2) is 27.7 Å². The summed E-state index contributed by atoms with van der Waals surface area (Å²) in [5.41, 5.74) is 4.11. The molecule has 2 aromatic rings. The van der Waals surface area contributed by atoms with Gasteiger partial charge in [-0.15, -0.1) is 10.2 Å². The molecule has 0 radical (unpaired) electrons. The Hall–Kier alpha value is -1.60. The van der Waals surface area contributed by atoms with Gasteiger partial charge in [0.05, 0.1) is 0 Å². The molecule has 2 heterocycles. The van der Waals surface area contributed by atoms with Gasteiger partial charge in [-0.3, -0.25) is 0 Å². The van der Waals surface area contributed by atoms with Crippen molar-refractivity contribution >= 4 is 33.4 Å². The fraction of sp³-hybridized carbons (Fsp3) is 0.389. The number of thioether (sulfide) groups is 1. The lowest BCUT2D eigenvalue weighted by Gasteiger charge is -2.29. The Morgan fingerprint density at radius 1 is 1.32 bits per heavy atom. The van der Waals surface area contributed by atoms with Crippen LogP contribution in [0.25, 0.3) is 11.3 Å². The van der Waals surface area contributed by atoms with Gasteiger partial charge in [-0.2, -0.15) is 4.98 Å². The molecule has 0 saturated carbocycles. The van der Waals surface area contributed by atoms with Crippen LogP contribution in [0.2, 0.25) is 0 Å². The second kappa shape index (κ2) is 6.96. The summed E-state index contributed by atoms with van der Waals surface area (Å²) in [7, 11) is 0. The number of fused-ring (bicyclic) bond motifs is 3. The average Bonchev–Trinajstić information content (AvgIpc) is 2.78. The van der Waals surface area contributed by atoms with E-state index in [1.165, 1.54) is 17.3 Å². The van der Waals surface area contributed by atoms with E-state index in [-0.39, 0.29) is 6.23 Å². The zero-order valence-corrected chi connectivity index (χ0v) is 16.5. The monoisotopic (exact) mass is 418 g/mol. The van der Waals surface area contributed by atoms with Crippen LogP contribution in [0.1, 0.15) is 26.2 Å². The molecule has 0 bridgehead atoms. The molecule has 2 aliphatic rings. The van der Waals surface area contributed by atoms with Gasteiger partial charge >= 0.3 is 0 Å². The Bertz CT molecular complexity index is 842. The third kappa shape index (κ3) is 3.40. The maximum absolute atomic E-state index is 6.31. The topological polar surface area (TPSA) is 59.9 Å². The van der Waals surface area contributed by atoms with Gasteiger partial charge in [0.2, 0.25) is 11.0 Å². The quantitative estimate of drug-likeness (QED) is 0.552. The van der Waals surface area contributed by atoms with Crippen molar-refractivity contribution in [3.8, 4) is 17.1 Å². The first-order chi connectivity index (χ1) is 12.1. The zero-order chi connectivity index (χ0) is 17.4. The molecule has 0 spiro atoms. The van der Waals surface area contributed by atoms with E-state index in [1.807, 2.05) is 18.4 Å². The highest BCUT2D eigenvalue weighted by Crippen LogP contribution is 2.40. The van der Waals surface area contributed by atoms with Crippen LogP contribution in [0.15, 0.2) is 39.5 Å². The summed E-state index contributed by atoms with van der Waals surface area (Å²) in [5.74, 6) is 0.957. The highest BCUT2D eigenvalue weighted by molar-refractivity contribution is 9.10. The van der Waals surface area contributed by atoms with Crippen molar-refractivity contribution in [2.45, 2.75) is 37.6 Å². The van der Waals surface area contributed by atoms with Gasteiger partial charge in [-0.1, -0.05) is 39.3 Å². The Kier molecular flexibility index (Phi) is 4.69. The molecule has 0 amide bonds. The van der Waals surface area contributed by atoms with Crippen LogP contribution < -0.4 is 10.1 Å². The number of allylic oxidation sites excluding steroid dienone is 2. The van der Waals surface area contributed by atoms with Crippen molar-refractivity contribution in [1.82, 2.24) is 15.2 Å². The van der Waals surface area contributed by atoms with Crippen molar-refractivity contribution < 1.29 is 4.74 Å². The normalized spacial score (nSPS) is 22.0. The molecule has 130 valence electrons. The molecular formula is C18H19BrN4OS. The SMILES string of the molecule is CSc1nnc2c(n1)O[C@H]([C@H]1CC=C(C)CC1)Nc1ccc(Br)cc1-2. The number of nitrogens with zero attached hydrogens (tertiary/aromatic N) is 3. The molecule has 0 fully saturated rings. The summed E-state index contributed by atoms with van der Waals surface area (Å²) in [6, 6.07) is 6.11. The Morgan fingerprint density at radius 3 is 2.96 bits per heavy atom. The summed E-state index contributed by atoms with van der Waals surface area (Å²) >= 11 is 5.01. The number of ether oxygens (including phenoxy) is 1. The average molecular weight is 419 g/mol. The van der Waals surface area contributed by atoms with Gasteiger partial charge in [0, 0.05) is 21.6 Å². The first-order valence-corrected chi connectivity index (χ1v) is 10.3. The Balaban J connectivity index is 1.78. The van der Waals surface area contributed by atoms with E-state index < -0.39 is 0 Å². The lowest BCUT2D eigenvalue weighted by atomic mass is 9.89. The van der Waals surface area contributed by atoms with Crippen molar-refractivity contribution in [3.05, 3.63) is 34.3 Å². The third-order valence-electron chi connectivity index (χ3n) is 4.70. The Labute approximate surface area is 159 Å². The second-order valence-corrected chi connectivity index (χ2v) is 8.10. The van der Waals surface area contributed by atoms with Gasteiger partial charge in [0.25, 0.3) is 0 Å². The standard InChI is InChI=1S/C18H19BrN4OS/c1-10-3-5-11(6-4-10)16-20-14-8-7-12(19)9-13(14)15-17(24-16)21-18(25-2)23-22-15/h3,7-9,11,16,20H,4-6H2,1-2H3/t11-,16+/m0/s1. The second-order valence-electron chi connectivity index (χ2n) is 6.41. The lowest BCUT2D eigenvalue weighted by molar-refractivity contribution is 0.145. The van der Waals surface area contributed by atoms with Crippen LogP contribution in [-0.2, 0) is 0 Å². The van der Waals surface area contributed by atoms with E-state index in [9.17, 15) is 0 Å². The number of rotatable bonds is 2. The third-order valence-corrected chi connectivity index (χ3v) is 5.73. The van der Waals surface area contributed by atoms with Crippen molar-refractivity contribution in [2.24, 2.45) is 5.92 Å². The molecule has 2 atom stereocenters. The first kappa shape index (κ1) is 16.8. The summed E-state index contributed by atoms with van der Waals surface area (Å²) in [6.45, 7) is 2.20. The summed E-state index contributed by atoms with van der Waals surface area (Å²) in [5, 5.41) is 12.8. The summed E-state index contributed by atoms with van der Waals surface area (Å²) in [6.07, 6.45) is 7.36. The molecule has 25 heavy (non-hydrogen) atoms. The number of aromatic nitrogens is 3. The van der Waals surface area contributed by atoms with Crippen molar-refractivity contribution in [3.63, 3.8) is 0 Å². The van der Waals surface area contributed by atoms with E-state index in [4.69, 9.17) is 4.74 Å². The predicted octanol–water partition coefficient (Wildman–Crippen LogP) is 4.90. The minimum absolute atomic E-state index is 0.128. The molecule has 0 saturated heterocycles. The smallest absolute Gasteiger partial charge is 0.247 e. The van der Waals surface area contributed by atoms with E-state index in [1.54, 1.807) is 0 Å². The molecule has 1 aliphatic carbocycles. The maximum atomic E-state index is 6.31. The lowest BCUT2D eigenvalue weighted by Crippen LogP contribution is -2.35. The zero-order valence-electron chi connectivity index (χ0n) is 14.1. The number of halogens is 1. The summed E-state index contributed by atoms with van der Waals surface area (Å²) in [4.78, 5) is 4.58. The maximum Gasteiger partial charge on any atom is 0.247 e. The molecule has 1 N–H and O–H groups in total. The van der Waals surface area contributed by atoms with E-state index in [2.05, 4.69) is 55.5 Å². The van der Waals surface area contributed by atoms with Gasteiger partial charge in [0.15, 0.2) is 11.9 Å². The number of benzene rings is 1. The number of hydrogen-bond acceptors (Lipinski definition) is 6. The summed E-state index contributed by atoms with van der Waals surface area (Å²) < 4.78 is 7.30. The van der Waals surface area contributed by atoms with Crippen LogP contribution in [0.5, 0.6) is 5.88 Å². The van der Waals surface area contributed by atoms with Crippen LogP contribution >= 0.6 is 27.7 Å². The highest BCUT2D eigenvalue weighted by atomic mass is 79.9. The van der Waals surface area contributed by atoms with E-state index in [0.29, 0.717) is 22.6 Å². The van der Waals surface area contributed by atoms with Gasteiger partial charge in [-0.05, 0) is 50.6 Å². The van der Waals surface area contributed by atoms with Gasteiger partial charge < -0.3 is 10.1 Å².